The Kier molecular flexibility index (Phi) is 16.8. The molecule has 0 heterocycles. The summed E-state index contributed by atoms with van der Waals surface area (Å²) >= 11 is 0. The highest BCUT2D eigenvalue weighted by Crippen LogP contribution is 2.50. The molecule has 0 radical (unpaired) electrons. The van der Waals surface area contributed by atoms with Crippen LogP contribution in [0.3, 0.4) is 0 Å². The van der Waals surface area contributed by atoms with Crippen LogP contribution in [-0.4, -0.2) is 0 Å². The number of ether oxygens (including phenoxy) is 1. The standard InChI is InChI=1S/C52H82O/c1-5-9-13-41-15-23-43(24-16-41)45-31-35-49(36-32-45)51(47-27-19-39(11-7-3)20-28-47)53-52(48-29-21-40(12-8-4)22-30-48)50-37-33-46(34-38-50)44-25-17-42(18-26-44)14-10-6-2/h19-22,27-30,41-46,49-52H,5-18,23-26,31-38H2,1-4H3. The largest absolute Gasteiger partial charge is 0.365 e. The summed E-state index contributed by atoms with van der Waals surface area (Å²) in [6.07, 6.45) is 36.8. The molecule has 296 valence electrons. The number of hydrogen-bond donors (Lipinski definition) is 0. The van der Waals surface area contributed by atoms with Crippen LogP contribution in [0, 0.1) is 47.3 Å². The van der Waals surface area contributed by atoms with Gasteiger partial charge in [0.05, 0.1) is 12.2 Å². The van der Waals surface area contributed by atoms with Crippen LogP contribution >= 0.6 is 0 Å². The lowest BCUT2D eigenvalue weighted by Crippen LogP contribution is -2.31. The van der Waals surface area contributed by atoms with Crippen LogP contribution in [0.1, 0.15) is 216 Å². The van der Waals surface area contributed by atoms with Gasteiger partial charge in [-0.05, 0) is 159 Å². The van der Waals surface area contributed by atoms with Gasteiger partial charge in [-0.2, -0.15) is 0 Å². The molecule has 0 amide bonds. The van der Waals surface area contributed by atoms with Gasteiger partial charge in [0.2, 0.25) is 0 Å². The van der Waals surface area contributed by atoms with Crippen LogP contribution < -0.4 is 0 Å². The van der Waals surface area contributed by atoms with Crippen LogP contribution in [0.4, 0.5) is 0 Å². The topological polar surface area (TPSA) is 9.23 Å². The molecule has 4 aliphatic rings. The Hall–Kier alpha value is -1.60. The van der Waals surface area contributed by atoms with Gasteiger partial charge in [-0.25, -0.2) is 0 Å². The molecule has 0 saturated heterocycles. The second-order valence-electron chi connectivity index (χ2n) is 19.2. The predicted molar refractivity (Wildman–Crippen MR) is 228 cm³/mol. The van der Waals surface area contributed by atoms with Gasteiger partial charge >= 0.3 is 0 Å². The molecule has 4 fully saturated rings. The number of benzene rings is 2. The Morgan fingerprint density at radius 1 is 0.415 bits per heavy atom. The van der Waals surface area contributed by atoms with E-state index in [1.165, 1.54) is 189 Å². The van der Waals surface area contributed by atoms with Gasteiger partial charge in [0.1, 0.15) is 0 Å². The molecular formula is C52H82O. The van der Waals surface area contributed by atoms with Crippen molar-refractivity contribution < 1.29 is 4.74 Å². The van der Waals surface area contributed by atoms with Crippen molar-refractivity contribution in [2.24, 2.45) is 47.3 Å². The van der Waals surface area contributed by atoms with Crippen LogP contribution in [0.2, 0.25) is 0 Å². The molecule has 2 aromatic carbocycles. The zero-order valence-electron chi connectivity index (χ0n) is 35.2. The van der Waals surface area contributed by atoms with E-state index >= 15 is 0 Å². The summed E-state index contributed by atoms with van der Waals surface area (Å²) < 4.78 is 7.77. The van der Waals surface area contributed by atoms with Crippen molar-refractivity contribution in [1.82, 2.24) is 0 Å². The summed E-state index contributed by atoms with van der Waals surface area (Å²) in [6.45, 7) is 9.33. The fourth-order valence-corrected chi connectivity index (χ4v) is 12.1. The van der Waals surface area contributed by atoms with Gasteiger partial charge < -0.3 is 4.74 Å². The van der Waals surface area contributed by atoms with E-state index < -0.39 is 0 Å². The van der Waals surface area contributed by atoms with Crippen molar-refractivity contribution in [3.05, 3.63) is 70.8 Å². The van der Waals surface area contributed by atoms with Crippen molar-refractivity contribution in [2.45, 2.75) is 207 Å². The van der Waals surface area contributed by atoms with E-state index in [-0.39, 0.29) is 12.2 Å². The fraction of sp³-hybridized carbons (Fsp3) is 0.769. The molecule has 2 aromatic rings. The first-order valence-corrected chi connectivity index (χ1v) is 23.9. The third kappa shape index (κ3) is 11.7. The SMILES string of the molecule is CCCCC1CCC(C2CCC(C(OC(c3ccc(CCC)cc3)C3CCC(C4CCC(CCCC)CC4)CC3)c3ccc(CCC)cc3)CC2)CC1. The first-order valence-electron chi connectivity index (χ1n) is 23.9. The van der Waals surface area contributed by atoms with Crippen molar-refractivity contribution >= 4 is 0 Å². The van der Waals surface area contributed by atoms with E-state index in [9.17, 15) is 0 Å². The normalized spacial score (nSPS) is 30.9. The second kappa shape index (κ2) is 21.6. The Morgan fingerprint density at radius 3 is 1.04 bits per heavy atom. The quantitative estimate of drug-likeness (QED) is 0.149. The Morgan fingerprint density at radius 2 is 0.736 bits per heavy atom. The number of unbranched alkanes of at least 4 members (excludes halogenated alkanes) is 2. The third-order valence-electron chi connectivity index (χ3n) is 15.5. The average molecular weight is 723 g/mol. The maximum absolute atomic E-state index is 7.77. The molecule has 1 heteroatoms. The van der Waals surface area contributed by atoms with Crippen molar-refractivity contribution in [3.8, 4) is 0 Å². The zero-order chi connectivity index (χ0) is 36.8. The highest BCUT2D eigenvalue weighted by atomic mass is 16.5. The van der Waals surface area contributed by atoms with Crippen molar-refractivity contribution in [3.63, 3.8) is 0 Å². The summed E-state index contributed by atoms with van der Waals surface area (Å²) in [5.41, 5.74) is 5.86. The van der Waals surface area contributed by atoms with E-state index in [0.29, 0.717) is 11.8 Å². The lowest BCUT2D eigenvalue weighted by molar-refractivity contribution is -0.0934. The molecule has 2 unspecified atom stereocenters. The number of aryl methyl sites for hydroxylation is 2. The van der Waals surface area contributed by atoms with Gasteiger partial charge in [-0.15, -0.1) is 0 Å². The maximum atomic E-state index is 7.77. The molecule has 0 spiro atoms. The van der Waals surface area contributed by atoms with Crippen LogP contribution in [0.15, 0.2) is 48.5 Å². The zero-order valence-corrected chi connectivity index (χ0v) is 35.2. The Labute approximate surface area is 328 Å². The molecule has 0 aromatic heterocycles. The minimum absolute atomic E-state index is 0.202. The smallest absolute Gasteiger partial charge is 0.0861 e. The number of rotatable bonds is 18. The van der Waals surface area contributed by atoms with E-state index in [1.54, 1.807) is 0 Å². The summed E-state index contributed by atoms with van der Waals surface area (Å²) in [4.78, 5) is 0. The first kappa shape index (κ1) is 41.0. The highest BCUT2D eigenvalue weighted by molar-refractivity contribution is 5.27. The summed E-state index contributed by atoms with van der Waals surface area (Å²) in [5, 5.41) is 0. The average Bonchev–Trinajstić information content (AvgIpc) is 3.21. The second-order valence-corrected chi connectivity index (χ2v) is 19.2. The molecule has 0 aliphatic heterocycles. The fourth-order valence-electron chi connectivity index (χ4n) is 12.1. The lowest BCUT2D eigenvalue weighted by atomic mass is 9.67. The minimum atomic E-state index is 0.202. The maximum Gasteiger partial charge on any atom is 0.0861 e. The van der Waals surface area contributed by atoms with Crippen molar-refractivity contribution in [2.75, 3.05) is 0 Å². The first-order chi connectivity index (χ1) is 26.1. The van der Waals surface area contributed by atoms with Crippen LogP contribution in [0.25, 0.3) is 0 Å². The van der Waals surface area contributed by atoms with E-state index in [4.69, 9.17) is 4.74 Å². The lowest BCUT2D eigenvalue weighted by Gasteiger charge is -2.43. The molecule has 1 nitrogen and oxygen atoms in total. The Bertz CT molecular complexity index is 1150. The molecule has 4 saturated carbocycles. The summed E-state index contributed by atoms with van der Waals surface area (Å²) in [6, 6.07) is 19.6. The summed E-state index contributed by atoms with van der Waals surface area (Å²) in [5.74, 6) is 7.16. The van der Waals surface area contributed by atoms with Crippen molar-refractivity contribution in [1.29, 1.82) is 0 Å². The Balaban J connectivity index is 1.15. The monoisotopic (exact) mass is 723 g/mol. The van der Waals surface area contributed by atoms with E-state index in [0.717, 1.165) is 35.5 Å². The van der Waals surface area contributed by atoms with Gasteiger partial charge in [-0.3, -0.25) is 0 Å². The predicted octanol–water partition coefficient (Wildman–Crippen LogP) is 16.0. The highest BCUT2D eigenvalue weighted by Gasteiger charge is 2.39. The molecular weight excluding hydrogens is 641 g/mol. The van der Waals surface area contributed by atoms with Crippen LogP contribution in [0.5, 0.6) is 0 Å². The minimum Gasteiger partial charge on any atom is -0.365 e. The molecule has 6 rings (SSSR count). The molecule has 2 atom stereocenters. The molecule has 0 N–H and O–H groups in total. The van der Waals surface area contributed by atoms with Crippen LogP contribution in [-0.2, 0) is 17.6 Å². The molecule has 53 heavy (non-hydrogen) atoms. The van der Waals surface area contributed by atoms with Gasteiger partial charge in [-0.1, -0.05) is 153 Å². The molecule has 0 bridgehead atoms. The molecule has 4 aliphatic carbocycles. The van der Waals surface area contributed by atoms with E-state index in [2.05, 4.69) is 76.2 Å². The summed E-state index contributed by atoms with van der Waals surface area (Å²) in [7, 11) is 0. The van der Waals surface area contributed by atoms with E-state index in [1.807, 2.05) is 0 Å². The number of hydrogen-bond acceptors (Lipinski definition) is 1. The van der Waals surface area contributed by atoms with Gasteiger partial charge in [0.25, 0.3) is 0 Å². The van der Waals surface area contributed by atoms with Gasteiger partial charge in [0, 0.05) is 0 Å². The third-order valence-corrected chi connectivity index (χ3v) is 15.5. The van der Waals surface area contributed by atoms with Gasteiger partial charge in [0.15, 0.2) is 0 Å².